The van der Waals surface area contributed by atoms with Gasteiger partial charge in [-0.1, -0.05) is 42.8 Å². The maximum absolute atomic E-state index is 2.37. The van der Waals surface area contributed by atoms with Crippen molar-refractivity contribution < 1.29 is 0 Å². The van der Waals surface area contributed by atoms with Gasteiger partial charge in [-0.3, -0.25) is 0 Å². The van der Waals surface area contributed by atoms with Crippen LogP contribution in [-0.2, 0) is 0 Å². The normalized spacial score (nSPS) is 29.4. The Morgan fingerprint density at radius 3 is 3.00 bits per heavy atom. The van der Waals surface area contributed by atoms with Gasteiger partial charge in [0, 0.05) is 0 Å². The Kier molecular flexibility index (Phi) is 1.93. The van der Waals surface area contributed by atoms with Crippen molar-refractivity contribution in [2.75, 3.05) is 0 Å². The van der Waals surface area contributed by atoms with Gasteiger partial charge in [-0.05, 0) is 42.2 Å². The summed E-state index contributed by atoms with van der Waals surface area (Å²) in [5.41, 5.74) is 3.06. The van der Waals surface area contributed by atoms with Crippen LogP contribution in [0, 0.1) is 5.92 Å². The summed E-state index contributed by atoms with van der Waals surface area (Å²) in [6, 6.07) is 8.92. The van der Waals surface area contributed by atoms with Crippen LogP contribution < -0.4 is 0 Å². The molecule has 0 heteroatoms. The number of allylic oxidation sites excluding steroid dienone is 1. The van der Waals surface area contributed by atoms with E-state index in [1.807, 2.05) is 0 Å². The molecule has 0 bridgehead atoms. The zero-order valence-electron chi connectivity index (χ0n) is 8.45. The molecule has 0 amide bonds. The van der Waals surface area contributed by atoms with Crippen LogP contribution in [0.3, 0.4) is 0 Å². The highest BCUT2D eigenvalue weighted by atomic mass is 14.3. The summed E-state index contributed by atoms with van der Waals surface area (Å²) in [6.07, 6.45) is 10.2. The zero-order valence-corrected chi connectivity index (χ0v) is 8.45. The summed E-state index contributed by atoms with van der Waals surface area (Å²) >= 11 is 0. The topological polar surface area (TPSA) is 0 Å². The van der Waals surface area contributed by atoms with E-state index in [4.69, 9.17) is 0 Å². The third kappa shape index (κ3) is 1.21. The van der Waals surface area contributed by atoms with E-state index in [-0.39, 0.29) is 0 Å². The molecular weight excluding hydrogens is 168 g/mol. The summed E-state index contributed by atoms with van der Waals surface area (Å²) in [5, 5.41) is 0. The summed E-state index contributed by atoms with van der Waals surface area (Å²) in [6.45, 7) is 0. The minimum absolute atomic E-state index is 0.848. The molecule has 0 N–H and O–H groups in total. The van der Waals surface area contributed by atoms with E-state index in [1.54, 1.807) is 5.56 Å². The van der Waals surface area contributed by atoms with Gasteiger partial charge in [0.1, 0.15) is 0 Å². The lowest BCUT2D eigenvalue weighted by Crippen LogP contribution is -2.04. The Balaban J connectivity index is 2.10. The fourth-order valence-electron chi connectivity index (χ4n) is 3.10. The van der Waals surface area contributed by atoms with Gasteiger partial charge in [-0.15, -0.1) is 0 Å². The molecule has 2 atom stereocenters. The zero-order chi connectivity index (χ0) is 9.38. The molecule has 1 saturated carbocycles. The summed E-state index contributed by atoms with van der Waals surface area (Å²) in [7, 11) is 0. The third-order valence-electron chi connectivity index (χ3n) is 3.79. The molecule has 2 unspecified atom stereocenters. The molecule has 0 aromatic heterocycles. The second-order valence-corrected chi connectivity index (χ2v) is 4.56. The van der Waals surface area contributed by atoms with E-state index in [0.717, 1.165) is 11.8 Å². The van der Waals surface area contributed by atoms with Crippen LogP contribution >= 0.6 is 0 Å². The van der Waals surface area contributed by atoms with E-state index in [9.17, 15) is 0 Å². The molecule has 2 aliphatic rings. The van der Waals surface area contributed by atoms with E-state index in [2.05, 4.69) is 36.4 Å². The fourth-order valence-corrected chi connectivity index (χ4v) is 3.10. The van der Waals surface area contributed by atoms with E-state index in [0.29, 0.717) is 0 Å². The van der Waals surface area contributed by atoms with Crippen molar-refractivity contribution in [2.24, 2.45) is 5.92 Å². The molecule has 0 saturated heterocycles. The van der Waals surface area contributed by atoms with Gasteiger partial charge in [-0.25, -0.2) is 0 Å². The SMILES string of the molecule is C1=Cc2ccccc2C2CCCC2C1. The van der Waals surface area contributed by atoms with Crippen LogP contribution in [0.5, 0.6) is 0 Å². The first kappa shape index (κ1) is 8.28. The van der Waals surface area contributed by atoms with Crippen molar-refractivity contribution in [1.82, 2.24) is 0 Å². The number of fused-ring (bicyclic) bond motifs is 3. The van der Waals surface area contributed by atoms with Crippen molar-refractivity contribution in [2.45, 2.75) is 31.6 Å². The number of benzene rings is 1. The second kappa shape index (κ2) is 3.27. The predicted octanol–water partition coefficient (Wildman–Crippen LogP) is 3.99. The van der Waals surface area contributed by atoms with E-state index in [1.165, 1.54) is 31.2 Å². The quantitative estimate of drug-likeness (QED) is 0.572. The molecule has 0 heterocycles. The highest BCUT2D eigenvalue weighted by Crippen LogP contribution is 2.44. The van der Waals surface area contributed by atoms with Crippen LogP contribution in [0.15, 0.2) is 30.3 Å². The summed E-state index contributed by atoms with van der Waals surface area (Å²) < 4.78 is 0. The maximum Gasteiger partial charge on any atom is -0.0125 e. The Labute approximate surface area is 85.6 Å². The molecule has 0 spiro atoms. The molecule has 14 heavy (non-hydrogen) atoms. The van der Waals surface area contributed by atoms with Crippen LogP contribution in [0.1, 0.15) is 42.7 Å². The minimum atomic E-state index is 0.848. The number of hydrogen-bond donors (Lipinski definition) is 0. The van der Waals surface area contributed by atoms with Gasteiger partial charge in [0.2, 0.25) is 0 Å². The maximum atomic E-state index is 2.37. The molecule has 3 rings (SSSR count). The lowest BCUT2D eigenvalue weighted by Gasteiger charge is -2.18. The van der Waals surface area contributed by atoms with Crippen LogP contribution in [0.4, 0.5) is 0 Å². The summed E-state index contributed by atoms with van der Waals surface area (Å²) in [4.78, 5) is 0. The first-order valence-corrected chi connectivity index (χ1v) is 5.70. The summed E-state index contributed by atoms with van der Waals surface area (Å²) in [5.74, 6) is 1.77. The predicted molar refractivity (Wildman–Crippen MR) is 60.2 cm³/mol. The molecular formula is C14H16. The minimum Gasteiger partial charge on any atom is -0.0836 e. The van der Waals surface area contributed by atoms with Crippen molar-refractivity contribution >= 4 is 6.08 Å². The molecule has 0 nitrogen and oxygen atoms in total. The average Bonchev–Trinajstić information content (AvgIpc) is 2.61. The standard InChI is InChI=1S/C14H16/c1-2-9-13-11(5-1)6-3-7-12-8-4-10-14(12)13/h1-3,5-6,9,12,14H,4,7-8,10H2. The van der Waals surface area contributed by atoms with Gasteiger partial charge in [-0.2, -0.15) is 0 Å². The molecule has 1 aromatic carbocycles. The van der Waals surface area contributed by atoms with Gasteiger partial charge in [0.25, 0.3) is 0 Å². The molecule has 0 aliphatic heterocycles. The van der Waals surface area contributed by atoms with Gasteiger partial charge >= 0.3 is 0 Å². The Morgan fingerprint density at radius 1 is 1.07 bits per heavy atom. The molecule has 0 radical (unpaired) electrons. The van der Waals surface area contributed by atoms with Crippen molar-refractivity contribution in [1.29, 1.82) is 0 Å². The third-order valence-corrected chi connectivity index (χ3v) is 3.79. The Morgan fingerprint density at radius 2 is 2.00 bits per heavy atom. The molecule has 2 aliphatic carbocycles. The monoisotopic (exact) mass is 184 g/mol. The van der Waals surface area contributed by atoms with Gasteiger partial charge in [0.15, 0.2) is 0 Å². The molecule has 72 valence electrons. The number of rotatable bonds is 0. The van der Waals surface area contributed by atoms with Crippen molar-refractivity contribution in [3.05, 3.63) is 41.5 Å². The lowest BCUT2D eigenvalue weighted by molar-refractivity contribution is 0.494. The Bertz CT molecular complexity index is 362. The second-order valence-electron chi connectivity index (χ2n) is 4.56. The fraction of sp³-hybridized carbons (Fsp3) is 0.429. The van der Waals surface area contributed by atoms with E-state index < -0.39 is 0 Å². The molecule has 1 fully saturated rings. The largest absolute Gasteiger partial charge is 0.0836 e. The van der Waals surface area contributed by atoms with Crippen LogP contribution in [0.2, 0.25) is 0 Å². The first-order chi connectivity index (χ1) is 6.95. The highest BCUT2D eigenvalue weighted by Gasteiger charge is 2.29. The highest BCUT2D eigenvalue weighted by molar-refractivity contribution is 5.56. The van der Waals surface area contributed by atoms with Crippen LogP contribution in [-0.4, -0.2) is 0 Å². The average molecular weight is 184 g/mol. The molecule has 1 aromatic rings. The van der Waals surface area contributed by atoms with Crippen molar-refractivity contribution in [3.63, 3.8) is 0 Å². The van der Waals surface area contributed by atoms with E-state index >= 15 is 0 Å². The van der Waals surface area contributed by atoms with Crippen LogP contribution in [0.25, 0.3) is 6.08 Å². The smallest absolute Gasteiger partial charge is 0.0125 e. The van der Waals surface area contributed by atoms with Gasteiger partial charge in [0.05, 0.1) is 0 Å². The number of hydrogen-bond acceptors (Lipinski definition) is 0. The van der Waals surface area contributed by atoms with Crippen molar-refractivity contribution in [3.8, 4) is 0 Å². The van der Waals surface area contributed by atoms with Gasteiger partial charge < -0.3 is 0 Å². The lowest BCUT2D eigenvalue weighted by atomic mass is 9.87. The Hall–Kier alpha value is -1.04. The first-order valence-electron chi connectivity index (χ1n) is 5.70.